The zero-order valence-electron chi connectivity index (χ0n) is 9.74. The number of rotatable bonds is 6. The lowest BCUT2D eigenvalue weighted by atomic mass is 10.00. The molecule has 0 saturated carbocycles. The molecule has 1 aromatic rings. The van der Waals surface area contributed by atoms with Crippen molar-refractivity contribution in [3.05, 3.63) is 35.4 Å². The summed E-state index contributed by atoms with van der Waals surface area (Å²) < 4.78 is 0. The van der Waals surface area contributed by atoms with E-state index in [1.807, 2.05) is 0 Å². The van der Waals surface area contributed by atoms with Crippen LogP contribution in [0.5, 0.6) is 0 Å². The third kappa shape index (κ3) is 4.03. The van der Waals surface area contributed by atoms with Crippen LogP contribution in [0.4, 0.5) is 0 Å². The number of aliphatic carboxylic acids is 1. The topological polar surface area (TPSA) is 67.8 Å². The molecule has 0 aliphatic carbocycles. The number of quaternary nitrogens is 1. The molecule has 3 nitrogen and oxygen atoms in total. The highest BCUT2D eigenvalue weighted by Gasteiger charge is 2.08. The van der Waals surface area contributed by atoms with Crippen molar-refractivity contribution in [1.29, 1.82) is 0 Å². The first kappa shape index (κ1) is 12.7. The molecule has 1 aromatic carbocycles. The van der Waals surface area contributed by atoms with Crippen LogP contribution in [-0.4, -0.2) is 5.97 Å². The zero-order chi connectivity index (χ0) is 12.0. The Bertz CT molecular complexity index is 332. The Morgan fingerprint density at radius 3 is 2.50 bits per heavy atom. The van der Waals surface area contributed by atoms with Gasteiger partial charge in [-0.2, -0.15) is 0 Å². The second-order valence-electron chi connectivity index (χ2n) is 4.06. The molecule has 1 atom stereocenters. The minimum atomic E-state index is -0.978. The van der Waals surface area contributed by atoms with Crippen molar-refractivity contribution >= 4 is 5.97 Å². The fraction of sp³-hybridized carbons (Fsp3) is 0.462. The maximum absolute atomic E-state index is 10.3. The number of carbonyl (C=O) groups is 1. The van der Waals surface area contributed by atoms with Gasteiger partial charge in [-0.05, 0) is 24.8 Å². The van der Waals surface area contributed by atoms with Crippen molar-refractivity contribution in [2.45, 2.75) is 38.6 Å². The van der Waals surface area contributed by atoms with E-state index < -0.39 is 5.97 Å². The molecule has 0 aromatic heterocycles. The molecule has 0 unspecified atom stereocenters. The summed E-state index contributed by atoms with van der Waals surface area (Å²) in [5.74, 6) is -0.978. The van der Waals surface area contributed by atoms with Gasteiger partial charge in [-0.3, -0.25) is 0 Å². The molecule has 0 bridgehead atoms. The summed E-state index contributed by atoms with van der Waals surface area (Å²) in [6, 6.07) is 8.54. The van der Waals surface area contributed by atoms with Crippen molar-refractivity contribution in [3.8, 4) is 0 Å². The lowest BCUT2D eigenvalue weighted by Crippen LogP contribution is -2.53. The van der Waals surface area contributed by atoms with Crippen molar-refractivity contribution in [2.24, 2.45) is 0 Å². The molecule has 0 fully saturated rings. The Hall–Kier alpha value is -1.35. The second-order valence-corrected chi connectivity index (χ2v) is 4.06. The van der Waals surface area contributed by atoms with E-state index >= 15 is 0 Å². The number of hydrogen-bond acceptors (Lipinski definition) is 2. The third-order valence-corrected chi connectivity index (χ3v) is 2.79. The molecule has 0 spiro atoms. The second kappa shape index (κ2) is 6.28. The largest absolute Gasteiger partial charge is 0.550 e. The van der Waals surface area contributed by atoms with Gasteiger partial charge in [-0.1, -0.05) is 31.2 Å². The average Bonchev–Trinajstić information content (AvgIpc) is 2.28. The van der Waals surface area contributed by atoms with Crippen LogP contribution < -0.4 is 10.8 Å². The standard InChI is InChI=1S/C13H19NO2/c1-2-10-6-8-11(9-7-10)12(14)4-3-5-13(15)16/h6-9,12H,2-5,14H2,1H3,(H,15,16)/t12-/m1/s1. The highest BCUT2D eigenvalue weighted by Crippen LogP contribution is 2.15. The Morgan fingerprint density at radius 1 is 1.38 bits per heavy atom. The lowest BCUT2D eigenvalue weighted by Gasteiger charge is -2.09. The molecule has 3 N–H and O–H groups in total. The fourth-order valence-corrected chi connectivity index (χ4v) is 1.68. The highest BCUT2D eigenvalue weighted by atomic mass is 16.4. The molecule has 0 aliphatic heterocycles. The van der Waals surface area contributed by atoms with Crippen molar-refractivity contribution in [2.75, 3.05) is 0 Å². The Labute approximate surface area is 96.3 Å². The molecule has 0 heterocycles. The van der Waals surface area contributed by atoms with Crippen molar-refractivity contribution in [3.63, 3.8) is 0 Å². The van der Waals surface area contributed by atoms with Gasteiger partial charge >= 0.3 is 0 Å². The maximum atomic E-state index is 10.3. The monoisotopic (exact) mass is 221 g/mol. The first-order chi connectivity index (χ1) is 7.63. The molecule has 1 rings (SSSR count). The first-order valence-electron chi connectivity index (χ1n) is 5.75. The Balaban J connectivity index is 2.45. The van der Waals surface area contributed by atoms with Gasteiger partial charge in [-0.25, -0.2) is 0 Å². The number of aryl methyl sites for hydroxylation is 1. The number of carboxylic acid groups (broad SMARTS) is 1. The van der Waals surface area contributed by atoms with E-state index in [1.54, 1.807) is 0 Å². The Kier molecular flexibility index (Phi) is 4.99. The predicted octanol–water partition coefficient (Wildman–Crippen LogP) is 0.452. The summed E-state index contributed by atoms with van der Waals surface area (Å²) >= 11 is 0. The zero-order valence-corrected chi connectivity index (χ0v) is 9.74. The minimum Gasteiger partial charge on any atom is -0.550 e. The summed E-state index contributed by atoms with van der Waals surface area (Å²) in [6.07, 6.45) is 2.58. The summed E-state index contributed by atoms with van der Waals surface area (Å²) in [6.45, 7) is 2.12. The van der Waals surface area contributed by atoms with E-state index in [2.05, 4.69) is 36.9 Å². The fourth-order valence-electron chi connectivity index (χ4n) is 1.68. The molecule has 0 amide bonds. The number of benzene rings is 1. The average molecular weight is 221 g/mol. The lowest BCUT2D eigenvalue weighted by molar-refractivity contribution is -0.428. The van der Waals surface area contributed by atoms with Crippen molar-refractivity contribution in [1.82, 2.24) is 0 Å². The molecule has 0 radical (unpaired) electrons. The van der Waals surface area contributed by atoms with Crippen LogP contribution in [0.2, 0.25) is 0 Å². The highest BCUT2D eigenvalue weighted by molar-refractivity contribution is 5.64. The van der Waals surface area contributed by atoms with E-state index in [9.17, 15) is 9.90 Å². The van der Waals surface area contributed by atoms with E-state index in [4.69, 9.17) is 0 Å². The molecule has 0 aliphatic rings. The van der Waals surface area contributed by atoms with Crippen LogP contribution in [0.3, 0.4) is 0 Å². The SMILES string of the molecule is CCc1ccc([C@H]([NH3+])CCCC(=O)[O-])cc1. The van der Waals surface area contributed by atoms with Crippen LogP contribution in [0.15, 0.2) is 24.3 Å². The van der Waals surface area contributed by atoms with E-state index in [0.717, 1.165) is 12.8 Å². The van der Waals surface area contributed by atoms with Crippen molar-refractivity contribution < 1.29 is 15.6 Å². The summed E-state index contributed by atoms with van der Waals surface area (Å²) in [7, 11) is 0. The van der Waals surface area contributed by atoms with Gasteiger partial charge in [0.05, 0.1) is 0 Å². The van der Waals surface area contributed by atoms with Crippen LogP contribution in [0, 0.1) is 0 Å². The van der Waals surface area contributed by atoms with Gasteiger partial charge in [0.1, 0.15) is 6.04 Å². The van der Waals surface area contributed by atoms with Gasteiger partial charge in [0, 0.05) is 18.0 Å². The van der Waals surface area contributed by atoms with Gasteiger partial charge in [0.15, 0.2) is 0 Å². The molecule has 88 valence electrons. The number of carboxylic acids is 1. The first-order valence-corrected chi connectivity index (χ1v) is 5.75. The smallest absolute Gasteiger partial charge is 0.110 e. The normalized spacial score (nSPS) is 12.4. The van der Waals surface area contributed by atoms with Gasteiger partial charge < -0.3 is 15.6 Å². The van der Waals surface area contributed by atoms with E-state index in [0.29, 0.717) is 6.42 Å². The molecular weight excluding hydrogens is 202 g/mol. The predicted molar refractivity (Wildman–Crippen MR) is 60.3 cm³/mol. The maximum Gasteiger partial charge on any atom is 0.110 e. The molecule has 0 saturated heterocycles. The van der Waals surface area contributed by atoms with E-state index in [1.165, 1.54) is 11.1 Å². The van der Waals surface area contributed by atoms with Gasteiger partial charge in [0.25, 0.3) is 0 Å². The van der Waals surface area contributed by atoms with Gasteiger partial charge in [0.2, 0.25) is 0 Å². The van der Waals surface area contributed by atoms with Crippen LogP contribution in [0.25, 0.3) is 0 Å². The quantitative estimate of drug-likeness (QED) is 0.758. The molecular formula is C13H19NO2. The summed E-state index contributed by atoms with van der Waals surface area (Å²) in [5, 5.41) is 10.3. The Morgan fingerprint density at radius 2 is 2.00 bits per heavy atom. The molecule has 16 heavy (non-hydrogen) atoms. The van der Waals surface area contributed by atoms with Gasteiger partial charge in [-0.15, -0.1) is 0 Å². The number of carbonyl (C=O) groups excluding carboxylic acids is 1. The van der Waals surface area contributed by atoms with Crippen LogP contribution in [0.1, 0.15) is 43.4 Å². The summed E-state index contributed by atoms with van der Waals surface area (Å²) in [4.78, 5) is 10.3. The van der Waals surface area contributed by atoms with E-state index in [-0.39, 0.29) is 12.5 Å². The third-order valence-electron chi connectivity index (χ3n) is 2.79. The summed E-state index contributed by atoms with van der Waals surface area (Å²) in [5.41, 5.74) is 6.53. The number of hydrogen-bond donors (Lipinski definition) is 1. The minimum absolute atomic E-state index is 0.124. The molecule has 3 heteroatoms. The van der Waals surface area contributed by atoms with Crippen LogP contribution in [-0.2, 0) is 11.2 Å². The van der Waals surface area contributed by atoms with Crippen LogP contribution >= 0.6 is 0 Å².